The van der Waals surface area contributed by atoms with Crippen molar-refractivity contribution in [3.8, 4) is 0 Å². The standard InChI is InChI=1S/C18H21N5O3/c24-18(14-9-19-5-6-21-14)22-15-10-23-7-8-25-12-16(23)17(15)26-11-13-3-1-2-4-20-13/h1-6,9,15-17H,7-8,10-12H2,(H,22,24)/t15-,16+,17+/m1/s1. The molecule has 2 aliphatic heterocycles. The van der Waals surface area contributed by atoms with Crippen LogP contribution in [0.15, 0.2) is 43.0 Å². The minimum Gasteiger partial charge on any atom is -0.378 e. The van der Waals surface area contributed by atoms with E-state index in [9.17, 15) is 4.79 Å². The van der Waals surface area contributed by atoms with Gasteiger partial charge in [-0.1, -0.05) is 6.07 Å². The first-order chi connectivity index (χ1) is 12.8. The third kappa shape index (κ3) is 3.72. The second-order valence-electron chi connectivity index (χ2n) is 6.40. The Morgan fingerprint density at radius 1 is 1.31 bits per heavy atom. The maximum absolute atomic E-state index is 12.5. The van der Waals surface area contributed by atoms with Crippen molar-refractivity contribution in [2.45, 2.75) is 24.8 Å². The second kappa shape index (κ2) is 7.86. The van der Waals surface area contributed by atoms with Gasteiger partial charge in [0.1, 0.15) is 5.69 Å². The molecular formula is C18H21N5O3. The molecule has 2 fully saturated rings. The number of hydrogen-bond donors (Lipinski definition) is 1. The molecule has 3 atom stereocenters. The lowest BCUT2D eigenvalue weighted by molar-refractivity contribution is -0.0537. The van der Waals surface area contributed by atoms with Crippen molar-refractivity contribution in [1.82, 2.24) is 25.2 Å². The molecule has 0 spiro atoms. The molecule has 1 N–H and O–H groups in total. The summed E-state index contributed by atoms with van der Waals surface area (Å²) in [5.74, 6) is -0.240. The van der Waals surface area contributed by atoms with Gasteiger partial charge in [0.25, 0.3) is 5.91 Å². The average Bonchev–Trinajstić information content (AvgIpc) is 3.05. The monoisotopic (exact) mass is 355 g/mol. The van der Waals surface area contributed by atoms with Crippen LogP contribution in [0.25, 0.3) is 0 Å². The van der Waals surface area contributed by atoms with Crippen molar-refractivity contribution >= 4 is 5.91 Å². The van der Waals surface area contributed by atoms with E-state index < -0.39 is 0 Å². The molecular weight excluding hydrogens is 334 g/mol. The van der Waals surface area contributed by atoms with E-state index in [-0.39, 0.29) is 24.1 Å². The molecule has 2 saturated heterocycles. The Hall–Kier alpha value is -2.42. The van der Waals surface area contributed by atoms with Gasteiger partial charge in [-0.25, -0.2) is 4.98 Å². The quantitative estimate of drug-likeness (QED) is 0.823. The van der Waals surface area contributed by atoms with E-state index in [4.69, 9.17) is 9.47 Å². The second-order valence-corrected chi connectivity index (χ2v) is 6.40. The zero-order valence-corrected chi connectivity index (χ0v) is 14.3. The van der Waals surface area contributed by atoms with Crippen molar-refractivity contribution < 1.29 is 14.3 Å². The third-order valence-corrected chi connectivity index (χ3v) is 4.75. The maximum atomic E-state index is 12.5. The number of hydrogen-bond acceptors (Lipinski definition) is 7. The number of fused-ring (bicyclic) bond motifs is 1. The summed E-state index contributed by atoms with van der Waals surface area (Å²) in [4.78, 5) is 27.1. The third-order valence-electron chi connectivity index (χ3n) is 4.75. The molecule has 0 aliphatic carbocycles. The van der Waals surface area contributed by atoms with Crippen LogP contribution < -0.4 is 5.32 Å². The van der Waals surface area contributed by atoms with Crippen LogP contribution in [-0.4, -0.2) is 70.2 Å². The fourth-order valence-corrected chi connectivity index (χ4v) is 3.49. The first-order valence-electron chi connectivity index (χ1n) is 8.71. The van der Waals surface area contributed by atoms with Crippen LogP contribution in [0.4, 0.5) is 0 Å². The van der Waals surface area contributed by atoms with Gasteiger partial charge in [-0.2, -0.15) is 0 Å². The number of morpholine rings is 1. The van der Waals surface area contributed by atoms with Crippen LogP contribution in [0, 0.1) is 0 Å². The summed E-state index contributed by atoms with van der Waals surface area (Å²) in [6.45, 7) is 3.27. The minimum absolute atomic E-state index is 0.125. The molecule has 2 aromatic heterocycles. The van der Waals surface area contributed by atoms with Gasteiger partial charge in [0.15, 0.2) is 0 Å². The zero-order chi connectivity index (χ0) is 17.8. The SMILES string of the molecule is O=C(N[C@@H]1CN2CCOC[C@H]2[C@H]1OCc1ccccn1)c1cnccn1. The van der Waals surface area contributed by atoms with E-state index in [1.54, 1.807) is 12.4 Å². The number of carbonyl (C=O) groups is 1. The number of ether oxygens (including phenoxy) is 2. The summed E-state index contributed by atoms with van der Waals surface area (Å²) < 4.78 is 11.8. The topological polar surface area (TPSA) is 89.5 Å². The van der Waals surface area contributed by atoms with E-state index >= 15 is 0 Å². The summed E-state index contributed by atoms with van der Waals surface area (Å²) in [5, 5.41) is 3.05. The number of carbonyl (C=O) groups excluding carboxylic acids is 1. The normalized spacial score (nSPS) is 25.6. The summed E-state index contributed by atoms with van der Waals surface area (Å²) >= 11 is 0. The predicted octanol–water partition coefficient (Wildman–Crippen LogP) is 0.270. The van der Waals surface area contributed by atoms with Gasteiger partial charge in [-0.15, -0.1) is 0 Å². The molecule has 0 unspecified atom stereocenters. The lowest BCUT2D eigenvalue weighted by atomic mass is 10.1. The van der Waals surface area contributed by atoms with Gasteiger partial charge in [-0.05, 0) is 12.1 Å². The average molecular weight is 355 g/mol. The van der Waals surface area contributed by atoms with Gasteiger partial charge in [0.05, 0.1) is 49.9 Å². The Morgan fingerprint density at radius 2 is 2.27 bits per heavy atom. The largest absolute Gasteiger partial charge is 0.378 e. The van der Waals surface area contributed by atoms with Crippen LogP contribution in [0.1, 0.15) is 16.2 Å². The van der Waals surface area contributed by atoms with Crippen LogP contribution in [0.2, 0.25) is 0 Å². The fraction of sp³-hybridized carbons (Fsp3) is 0.444. The number of nitrogens with zero attached hydrogens (tertiary/aromatic N) is 4. The van der Waals surface area contributed by atoms with Crippen molar-refractivity contribution in [3.05, 3.63) is 54.4 Å². The molecule has 0 saturated carbocycles. The molecule has 4 heterocycles. The Balaban J connectivity index is 1.46. The van der Waals surface area contributed by atoms with Gasteiger partial charge >= 0.3 is 0 Å². The summed E-state index contributed by atoms with van der Waals surface area (Å²) in [5.41, 5.74) is 1.17. The lowest BCUT2D eigenvalue weighted by Crippen LogP contribution is -2.48. The highest BCUT2D eigenvalue weighted by Crippen LogP contribution is 2.25. The van der Waals surface area contributed by atoms with Crippen molar-refractivity contribution in [1.29, 1.82) is 0 Å². The summed E-state index contributed by atoms with van der Waals surface area (Å²) in [6, 6.07) is 5.72. The number of aromatic nitrogens is 3. The van der Waals surface area contributed by atoms with Gasteiger partial charge in [-0.3, -0.25) is 19.7 Å². The van der Waals surface area contributed by atoms with E-state index in [1.165, 1.54) is 12.4 Å². The number of nitrogens with one attached hydrogen (secondary N) is 1. The maximum Gasteiger partial charge on any atom is 0.271 e. The van der Waals surface area contributed by atoms with E-state index in [2.05, 4.69) is 25.2 Å². The highest BCUT2D eigenvalue weighted by atomic mass is 16.5. The molecule has 0 radical (unpaired) electrons. The number of pyridine rings is 1. The Labute approximate surface area is 151 Å². The molecule has 8 heteroatoms. The van der Waals surface area contributed by atoms with Gasteiger partial charge < -0.3 is 14.8 Å². The molecule has 8 nitrogen and oxygen atoms in total. The summed E-state index contributed by atoms with van der Waals surface area (Å²) in [6.07, 6.45) is 6.09. The van der Waals surface area contributed by atoms with Gasteiger partial charge in [0.2, 0.25) is 0 Å². The Morgan fingerprint density at radius 3 is 3.08 bits per heavy atom. The van der Waals surface area contributed by atoms with E-state index in [0.29, 0.717) is 25.5 Å². The molecule has 26 heavy (non-hydrogen) atoms. The lowest BCUT2D eigenvalue weighted by Gasteiger charge is -2.32. The van der Waals surface area contributed by atoms with E-state index in [0.717, 1.165) is 18.8 Å². The predicted molar refractivity (Wildman–Crippen MR) is 92.3 cm³/mol. The number of amides is 1. The molecule has 4 rings (SSSR count). The molecule has 136 valence electrons. The van der Waals surface area contributed by atoms with Crippen LogP contribution in [-0.2, 0) is 16.1 Å². The van der Waals surface area contributed by atoms with Crippen LogP contribution >= 0.6 is 0 Å². The Kier molecular flexibility index (Phi) is 5.14. The van der Waals surface area contributed by atoms with Crippen LogP contribution in [0.5, 0.6) is 0 Å². The smallest absolute Gasteiger partial charge is 0.271 e. The first kappa shape index (κ1) is 17.0. The highest BCUT2D eigenvalue weighted by molar-refractivity contribution is 5.92. The first-order valence-corrected chi connectivity index (χ1v) is 8.71. The zero-order valence-electron chi connectivity index (χ0n) is 14.3. The van der Waals surface area contributed by atoms with E-state index in [1.807, 2.05) is 18.2 Å². The minimum atomic E-state index is -0.240. The molecule has 0 bridgehead atoms. The van der Waals surface area contributed by atoms with Crippen molar-refractivity contribution in [2.75, 3.05) is 26.3 Å². The molecule has 2 aromatic rings. The fourth-order valence-electron chi connectivity index (χ4n) is 3.49. The molecule has 0 aromatic carbocycles. The van der Waals surface area contributed by atoms with Crippen molar-refractivity contribution in [2.24, 2.45) is 0 Å². The number of rotatable bonds is 5. The van der Waals surface area contributed by atoms with Crippen molar-refractivity contribution in [3.63, 3.8) is 0 Å². The summed E-state index contributed by atoms with van der Waals surface area (Å²) in [7, 11) is 0. The van der Waals surface area contributed by atoms with Crippen LogP contribution in [0.3, 0.4) is 0 Å². The van der Waals surface area contributed by atoms with Gasteiger partial charge in [0, 0.05) is 31.7 Å². The Bertz CT molecular complexity index is 730. The highest BCUT2D eigenvalue weighted by Gasteiger charge is 2.44. The molecule has 1 amide bonds. The molecule has 2 aliphatic rings.